The van der Waals surface area contributed by atoms with E-state index in [-0.39, 0.29) is 11.7 Å². The summed E-state index contributed by atoms with van der Waals surface area (Å²) in [4.78, 5) is 12.4. The number of halogens is 2. The number of nitrogens with one attached hydrogen (secondary N) is 2. The van der Waals surface area contributed by atoms with Gasteiger partial charge in [0, 0.05) is 6.07 Å². The van der Waals surface area contributed by atoms with E-state index in [1.54, 1.807) is 6.07 Å². The van der Waals surface area contributed by atoms with Crippen LogP contribution in [0.15, 0.2) is 16.6 Å². The average Bonchev–Trinajstić information content (AvgIpc) is 2.34. The van der Waals surface area contributed by atoms with Crippen molar-refractivity contribution in [1.29, 1.82) is 0 Å². The van der Waals surface area contributed by atoms with E-state index in [0.29, 0.717) is 16.1 Å². The maximum atomic E-state index is 13.5. The van der Waals surface area contributed by atoms with E-state index in [1.165, 1.54) is 6.07 Å². The summed E-state index contributed by atoms with van der Waals surface area (Å²) in [6.07, 6.45) is 3.86. The molecule has 2 unspecified atom stereocenters. The number of benzene rings is 1. The Hall–Kier alpha value is -1.10. The molecule has 2 atom stereocenters. The molecule has 19 heavy (non-hydrogen) atoms. The molecule has 3 nitrogen and oxygen atoms in total. The SMILES string of the molecule is CC1CCCC2(C1)Nc1cc(Br)c(F)cc1NC2=O. The number of amides is 1. The van der Waals surface area contributed by atoms with E-state index in [9.17, 15) is 9.18 Å². The van der Waals surface area contributed by atoms with Gasteiger partial charge in [-0.15, -0.1) is 0 Å². The molecule has 0 aromatic heterocycles. The fourth-order valence-electron chi connectivity index (χ4n) is 3.18. The first-order chi connectivity index (χ1) is 9.00. The highest BCUT2D eigenvalue weighted by Gasteiger charge is 2.44. The van der Waals surface area contributed by atoms with Crippen LogP contribution in [-0.4, -0.2) is 11.4 Å². The molecular formula is C14H16BrFN2O. The molecule has 1 aromatic carbocycles. The molecule has 0 radical (unpaired) electrons. The summed E-state index contributed by atoms with van der Waals surface area (Å²) >= 11 is 3.19. The Morgan fingerprint density at radius 2 is 2.21 bits per heavy atom. The molecule has 2 N–H and O–H groups in total. The van der Waals surface area contributed by atoms with Crippen molar-refractivity contribution in [2.75, 3.05) is 10.6 Å². The largest absolute Gasteiger partial charge is 0.369 e. The van der Waals surface area contributed by atoms with Crippen molar-refractivity contribution >= 4 is 33.2 Å². The molecule has 1 amide bonds. The minimum atomic E-state index is -0.526. The quantitative estimate of drug-likeness (QED) is 0.759. The molecule has 2 aliphatic rings. The Labute approximate surface area is 120 Å². The van der Waals surface area contributed by atoms with Gasteiger partial charge in [-0.25, -0.2) is 4.39 Å². The summed E-state index contributed by atoms with van der Waals surface area (Å²) < 4.78 is 13.9. The molecule has 102 valence electrons. The zero-order valence-electron chi connectivity index (χ0n) is 10.7. The highest BCUT2D eigenvalue weighted by Crippen LogP contribution is 2.42. The summed E-state index contributed by atoms with van der Waals surface area (Å²) in [5.41, 5.74) is 0.790. The molecular weight excluding hydrogens is 311 g/mol. The van der Waals surface area contributed by atoms with Crippen LogP contribution in [-0.2, 0) is 4.79 Å². The maximum Gasteiger partial charge on any atom is 0.250 e. The normalized spacial score (nSPS) is 29.6. The minimum absolute atomic E-state index is 0.0340. The Morgan fingerprint density at radius 1 is 1.42 bits per heavy atom. The molecule has 0 saturated heterocycles. The molecule has 1 fully saturated rings. The lowest BCUT2D eigenvalue weighted by molar-refractivity contribution is -0.122. The van der Waals surface area contributed by atoms with Crippen LogP contribution in [0.3, 0.4) is 0 Å². The van der Waals surface area contributed by atoms with Crippen molar-refractivity contribution in [3.05, 3.63) is 22.4 Å². The van der Waals surface area contributed by atoms with Crippen molar-refractivity contribution in [3.63, 3.8) is 0 Å². The van der Waals surface area contributed by atoms with Crippen LogP contribution >= 0.6 is 15.9 Å². The van der Waals surface area contributed by atoms with Crippen molar-refractivity contribution in [3.8, 4) is 0 Å². The van der Waals surface area contributed by atoms with Gasteiger partial charge in [0.05, 0.1) is 15.8 Å². The molecule has 1 aliphatic carbocycles. The van der Waals surface area contributed by atoms with Crippen molar-refractivity contribution in [1.82, 2.24) is 0 Å². The smallest absolute Gasteiger partial charge is 0.250 e. The predicted molar refractivity (Wildman–Crippen MR) is 76.7 cm³/mol. The molecule has 1 aliphatic heterocycles. The van der Waals surface area contributed by atoms with Gasteiger partial charge in [0.15, 0.2) is 0 Å². The van der Waals surface area contributed by atoms with Gasteiger partial charge >= 0.3 is 0 Å². The van der Waals surface area contributed by atoms with Gasteiger partial charge in [0.2, 0.25) is 5.91 Å². The second-order valence-corrected chi connectivity index (χ2v) is 6.53. The summed E-state index contributed by atoms with van der Waals surface area (Å²) in [6, 6.07) is 3.05. The van der Waals surface area contributed by atoms with Gasteiger partial charge in [0.1, 0.15) is 11.4 Å². The Balaban J connectivity index is 1.99. The van der Waals surface area contributed by atoms with Crippen LogP contribution in [0.5, 0.6) is 0 Å². The lowest BCUT2D eigenvalue weighted by Crippen LogP contribution is -2.54. The van der Waals surface area contributed by atoms with Crippen LogP contribution in [0, 0.1) is 11.7 Å². The van der Waals surface area contributed by atoms with E-state index in [2.05, 4.69) is 33.5 Å². The monoisotopic (exact) mass is 326 g/mol. The standard InChI is InChI=1S/C14H16BrFN2O/c1-8-3-2-4-14(7-8)13(19)17-11-6-10(16)9(15)5-12(11)18-14/h5-6,8,18H,2-4,7H2,1H3,(H,17,19). The number of hydrogen-bond acceptors (Lipinski definition) is 2. The second-order valence-electron chi connectivity index (χ2n) is 5.67. The average molecular weight is 327 g/mol. The zero-order chi connectivity index (χ0) is 13.6. The summed E-state index contributed by atoms with van der Waals surface area (Å²) in [5.74, 6) is 0.125. The fourth-order valence-corrected chi connectivity index (χ4v) is 3.52. The lowest BCUT2D eigenvalue weighted by atomic mass is 9.74. The third-order valence-corrected chi connectivity index (χ3v) is 4.72. The molecule has 1 spiro atoms. The van der Waals surface area contributed by atoms with Crippen LogP contribution in [0.4, 0.5) is 15.8 Å². The molecule has 1 aromatic rings. The van der Waals surface area contributed by atoms with Gasteiger partial charge < -0.3 is 10.6 Å². The Kier molecular flexibility index (Phi) is 3.04. The van der Waals surface area contributed by atoms with Crippen molar-refractivity contribution in [2.45, 2.75) is 38.1 Å². The van der Waals surface area contributed by atoms with Gasteiger partial charge in [-0.05, 0) is 40.8 Å². The van der Waals surface area contributed by atoms with Crippen molar-refractivity contribution in [2.24, 2.45) is 5.92 Å². The van der Waals surface area contributed by atoms with Crippen LogP contribution in [0.25, 0.3) is 0 Å². The highest BCUT2D eigenvalue weighted by molar-refractivity contribution is 9.10. The molecule has 1 heterocycles. The summed E-state index contributed by atoms with van der Waals surface area (Å²) in [5, 5.41) is 6.20. The number of fused-ring (bicyclic) bond motifs is 1. The van der Waals surface area contributed by atoms with E-state index in [4.69, 9.17) is 0 Å². The van der Waals surface area contributed by atoms with Gasteiger partial charge in [-0.3, -0.25) is 4.79 Å². The van der Waals surface area contributed by atoms with E-state index in [0.717, 1.165) is 31.4 Å². The number of hydrogen-bond donors (Lipinski definition) is 2. The third kappa shape index (κ3) is 2.14. The molecule has 0 bridgehead atoms. The minimum Gasteiger partial charge on any atom is -0.369 e. The van der Waals surface area contributed by atoms with Crippen molar-refractivity contribution < 1.29 is 9.18 Å². The number of anilines is 2. The number of carbonyl (C=O) groups excluding carboxylic acids is 1. The van der Waals surface area contributed by atoms with E-state index in [1.807, 2.05) is 0 Å². The highest BCUT2D eigenvalue weighted by atomic mass is 79.9. The Morgan fingerprint density at radius 3 is 2.95 bits per heavy atom. The van der Waals surface area contributed by atoms with Gasteiger partial charge in [-0.1, -0.05) is 19.8 Å². The lowest BCUT2D eigenvalue weighted by Gasteiger charge is -2.43. The number of carbonyl (C=O) groups is 1. The first kappa shape index (κ1) is 12.9. The molecule has 3 rings (SSSR count). The van der Waals surface area contributed by atoms with E-state index < -0.39 is 5.54 Å². The topological polar surface area (TPSA) is 41.1 Å². The fraction of sp³-hybridized carbons (Fsp3) is 0.500. The molecule has 5 heteroatoms. The van der Waals surface area contributed by atoms with E-state index >= 15 is 0 Å². The van der Waals surface area contributed by atoms with Gasteiger partial charge in [-0.2, -0.15) is 0 Å². The van der Waals surface area contributed by atoms with Crippen LogP contribution < -0.4 is 10.6 Å². The zero-order valence-corrected chi connectivity index (χ0v) is 12.3. The summed E-state index contributed by atoms with van der Waals surface area (Å²) in [6.45, 7) is 2.17. The number of rotatable bonds is 0. The third-order valence-electron chi connectivity index (χ3n) is 4.11. The van der Waals surface area contributed by atoms with Crippen LogP contribution in [0.2, 0.25) is 0 Å². The second kappa shape index (κ2) is 4.47. The first-order valence-corrected chi connectivity index (χ1v) is 7.38. The van der Waals surface area contributed by atoms with Crippen LogP contribution in [0.1, 0.15) is 32.6 Å². The first-order valence-electron chi connectivity index (χ1n) is 6.59. The molecule has 1 saturated carbocycles. The van der Waals surface area contributed by atoms with Gasteiger partial charge in [0.25, 0.3) is 0 Å². The summed E-state index contributed by atoms with van der Waals surface area (Å²) in [7, 11) is 0. The maximum absolute atomic E-state index is 13.5. The predicted octanol–water partition coefficient (Wildman–Crippen LogP) is 3.90. The Bertz CT molecular complexity index is 548.